The number of ketones is 1. The highest BCUT2D eigenvalue weighted by molar-refractivity contribution is 9.10. The van der Waals surface area contributed by atoms with Crippen LogP contribution in [0.2, 0.25) is 0 Å². The van der Waals surface area contributed by atoms with Gasteiger partial charge in [0.05, 0.1) is 10.0 Å². The van der Waals surface area contributed by atoms with E-state index in [1.807, 2.05) is 19.1 Å². The van der Waals surface area contributed by atoms with E-state index in [-0.39, 0.29) is 11.0 Å². The summed E-state index contributed by atoms with van der Waals surface area (Å²) in [5.41, 5.74) is 1.68. The standard InChI is InChI=1S/C15H18BrNO2S2/c1-4-17(5-2)15(20)21-12-8-19-14-10(13(12)18)6-9(3)7-11(14)16/h6-7,12H,4-5,8H2,1-3H3. The minimum Gasteiger partial charge on any atom is -0.490 e. The fourth-order valence-corrected chi connectivity index (χ4v) is 4.55. The summed E-state index contributed by atoms with van der Waals surface area (Å²) < 4.78 is 7.37. The molecule has 114 valence electrons. The van der Waals surface area contributed by atoms with Gasteiger partial charge in [0.1, 0.15) is 21.9 Å². The molecule has 2 rings (SSSR count). The first-order valence-corrected chi connectivity index (χ1v) is 8.98. The average molecular weight is 388 g/mol. The molecule has 3 nitrogen and oxygen atoms in total. The number of ether oxygens (including phenoxy) is 1. The Morgan fingerprint density at radius 1 is 1.48 bits per heavy atom. The van der Waals surface area contributed by atoms with E-state index in [2.05, 4.69) is 34.7 Å². The smallest absolute Gasteiger partial charge is 0.183 e. The van der Waals surface area contributed by atoms with Gasteiger partial charge in [0.2, 0.25) is 0 Å². The maximum atomic E-state index is 12.7. The van der Waals surface area contributed by atoms with Crippen LogP contribution in [0, 0.1) is 6.92 Å². The van der Waals surface area contributed by atoms with Crippen molar-refractivity contribution >= 4 is 50.0 Å². The van der Waals surface area contributed by atoms with Crippen LogP contribution in [0.4, 0.5) is 0 Å². The zero-order valence-corrected chi connectivity index (χ0v) is 15.5. The van der Waals surface area contributed by atoms with Gasteiger partial charge in [-0.1, -0.05) is 24.0 Å². The number of aryl methyl sites for hydroxylation is 1. The molecule has 0 fully saturated rings. The normalized spacial score (nSPS) is 17.1. The zero-order chi connectivity index (χ0) is 15.6. The predicted molar refractivity (Wildman–Crippen MR) is 95.6 cm³/mol. The summed E-state index contributed by atoms with van der Waals surface area (Å²) in [7, 11) is 0. The third-order valence-electron chi connectivity index (χ3n) is 3.39. The molecular formula is C15H18BrNO2S2. The van der Waals surface area contributed by atoms with Crippen molar-refractivity contribution in [3.63, 3.8) is 0 Å². The first-order chi connectivity index (χ1) is 9.97. The highest BCUT2D eigenvalue weighted by Crippen LogP contribution is 2.37. The molecule has 0 amide bonds. The lowest BCUT2D eigenvalue weighted by Crippen LogP contribution is -2.35. The fourth-order valence-electron chi connectivity index (χ4n) is 2.23. The molecule has 6 heteroatoms. The molecule has 0 saturated carbocycles. The van der Waals surface area contributed by atoms with Gasteiger partial charge in [0, 0.05) is 13.1 Å². The summed E-state index contributed by atoms with van der Waals surface area (Å²) in [6.45, 7) is 8.16. The number of benzene rings is 1. The Balaban J connectivity index is 2.19. The molecule has 0 aliphatic carbocycles. The number of rotatable bonds is 3. The highest BCUT2D eigenvalue weighted by atomic mass is 79.9. The van der Waals surface area contributed by atoms with Crippen molar-refractivity contribution in [1.29, 1.82) is 0 Å². The van der Waals surface area contributed by atoms with Crippen LogP contribution in [0.5, 0.6) is 5.75 Å². The number of hydrogen-bond acceptors (Lipinski definition) is 4. The molecule has 0 spiro atoms. The number of Topliss-reactive ketones (excluding diaryl/α,β-unsaturated/α-hetero) is 1. The van der Waals surface area contributed by atoms with Gasteiger partial charge in [-0.25, -0.2) is 0 Å². The van der Waals surface area contributed by atoms with Crippen molar-refractivity contribution in [1.82, 2.24) is 4.90 Å². The third-order valence-corrected chi connectivity index (χ3v) is 5.62. The van der Waals surface area contributed by atoms with Crippen molar-refractivity contribution in [3.8, 4) is 5.75 Å². The van der Waals surface area contributed by atoms with Crippen molar-refractivity contribution in [2.75, 3.05) is 19.7 Å². The van der Waals surface area contributed by atoms with Crippen molar-refractivity contribution in [3.05, 3.63) is 27.7 Å². The second-order valence-electron chi connectivity index (χ2n) is 4.84. The summed E-state index contributed by atoms with van der Waals surface area (Å²) >= 11 is 10.3. The van der Waals surface area contributed by atoms with Gasteiger partial charge in [-0.15, -0.1) is 0 Å². The SMILES string of the molecule is CCN(CC)C(=S)SC1COc2c(Br)cc(C)cc2C1=O. The highest BCUT2D eigenvalue weighted by Gasteiger charge is 2.32. The van der Waals surface area contributed by atoms with Crippen LogP contribution >= 0.6 is 39.9 Å². The van der Waals surface area contributed by atoms with E-state index < -0.39 is 0 Å². The summed E-state index contributed by atoms with van der Waals surface area (Å²) in [4.78, 5) is 14.7. The lowest BCUT2D eigenvalue weighted by molar-refractivity contribution is 0.0943. The molecule has 1 heterocycles. The lowest BCUT2D eigenvalue weighted by Gasteiger charge is -2.28. The molecule has 0 aromatic heterocycles. The minimum absolute atomic E-state index is 0.0974. The maximum Gasteiger partial charge on any atom is 0.183 e. The molecule has 1 unspecified atom stereocenters. The fraction of sp³-hybridized carbons (Fsp3) is 0.467. The second-order valence-corrected chi connectivity index (χ2v) is 7.53. The van der Waals surface area contributed by atoms with Gasteiger partial charge in [0.15, 0.2) is 5.78 Å². The van der Waals surface area contributed by atoms with Crippen LogP contribution < -0.4 is 4.74 Å². The molecule has 0 bridgehead atoms. The number of hydrogen-bond donors (Lipinski definition) is 0. The van der Waals surface area contributed by atoms with Gasteiger partial charge < -0.3 is 9.64 Å². The third kappa shape index (κ3) is 3.60. The van der Waals surface area contributed by atoms with Crippen LogP contribution in [-0.4, -0.2) is 40.0 Å². The predicted octanol–water partition coefficient (Wildman–Crippen LogP) is 4.06. The molecule has 1 aromatic carbocycles. The Morgan fingerprint density at radius 2 is 2.14 bits per heavy atom. The summed E-state index contributed by atoms with van der Waals surface area (Å²) in [6.07, 6.45) is 0. The Morgan fingerprint density at radius 3 is 2.76 bits per heavy atom. The van der Waals surface area contributed by atoms with Crippen molar-refractivity contribution in [2.45, 2.75) is 26.0 Å². The Kier molecular flexibility index (Phi) is 5.68. The van der Waals surface area contributed by atoms with Crippen LogP contribution in [0.1, 0.15) is 29.8 Å². The minimum atomic E-state index is -0.265. The first kappa shape index (κ1) is 16.8. The molecule has 1 aliphatic rings. The Hall–Kier alpha value is -0.590. The number of thioether (sulfide) groups is 1. The van der Waals surface area contributed by atoms with E-state index in [1.165, 1.54) is 11.8 Å². The number of thiocarbonyl (C=S) groups is 1. The maximum absolute atomic E-state index is 12.7. The van der Waals surface area contributed by atoms with Crippen molar-refractivity contribution in [2.24, 2.45) is 0 Å². The molecule has 1 aliphatic heterocycles. The first-order valence-electron chi connectivity index (χ1n) is 6.90. The molecule has 1 aromatic rings. The lowest BCUT2D eigenvalue weighted by atomic mass is 10.0. The second kappa shape index (κ2) is 7.11. The summed E-state index contributed by atoms with van der Waals surface area (Å²) in [5.74, 6) is 0.747. The van der Waals surface area contributed by atoms with E-state index >= 15 is 0 Å². The largest absolute Gasteiger partial charge is 0.490 e. The van der Waals surface area contributed by atoms with Gasteiger partial charge >= 0.3 is 0 Å². The number of halogens is 1. The number of nitrogens with zero attached hydrogens (tertiary/aromatic N) is 1. The molecular weight excluding hydrogens is 370 g/mol. The van der Waals surface area contributed by atoms with Gasteiger partial charge in [-0.3, -0.25) is 4.79 Å². The summed E-state index contributed by atoms with van der Waals surface area (Å²) in [5, 5.41) is -0.265. The van der Waals surface area contributed by atoms with E-state index in [0.717, 1.165) is 27.4 Å². The Bertz CT molecular complexity index is 573. The molecule has 21 heavy (non-hydrogen) atoms. The van der Waals surface area contributed by atoms with Crippen LogP contribution in [0.25, 0.3) is 0 Å². The van der Waals surface area contributed by atoms with Crippen LogP contribution in [0.15, 0.2) is 16.6 Å². The Labute approximate surface area is 143 Å². The van der Waals surface area contributed by atoms with E-state index in [9.17, 15) is 4.79 Å². The molecule has 0 saturated heterocycles. The van der Waals surface area contributed by atoms with E-state index in [1.54, 1.807) is 0 Å². The molecule has 0 N–H and O–H groups in total. The number of carbonyl (C=O) groups excluding carboxylic acids is 1. The molecule has 1 atom stereocenters. The van der Waals surface area contributed by atoms with E-state index in [0.29, 0.717) is 17.9 Å². The van der Waals surface area contributed by atoms with Gasteiger partial charge in [-0.05, 0) is 54.4 Å². The van der Waals surface area contributed by atoms with Gasteiger partial charge in [-0.2, -0.15) is 0 Å². The quantitative estimate of drug-likeness (QED) is 0.729. The molecule has 0 radical (unpaired) electrons. The zero-order valence-electron chi connectivity index (χ0n) is 12.3. The number of fused-ring (bicyclic) bond motifs is 1. The number of carbonyl (C=O) groups is 1. The monoisotopic (exact) mass is 387 g/mol. The van der Waals surface area contributed by atoms with E-state index in [4.69, 9.17) is 17.0 Å². The van der Waals surface area contributed by atoms with Crippen molar-refractivity contribution < 1.29 is 9.53 Å². The van der Waals surface area contributed by atoms with Crippen LogP contribution in [0.3, 0.4) is 0 Å². The summed E-state index contributed by atoms with van der Waals surface area (Å²) in [6, 6.07) is 3.84. The topological polar surface area (TPSA) is 29.5 Å². The average Bonchev–Trinajstić information content (AvgIpc) is 2.43. The van der Waals surface area contributed by atoms with Crippen LogP contribution in [-0.2, 0) is 0 Å². The van der Waals surface area contributed by atoms with Gasteiger partial charge in [0.25, 0.3) is 0 Å².